The zero-order valence-corrected chi connectivity index (χ0v) is 7.04. The predicted octanol–water partition coefficient (Wildman–Crippen LogP) is 2.97. The third-order valence-electron chi connectivity index (χ3n) is 0.847. The van der Waals surface area contributed by atoms with E-state index in [1.807, 2.05) is 0 Å². The van der Waals surface area contributed by atoms with E-state index in [0.717, 1.165) is 11.3 Å². The molecule has 0 saturated heterocycles. The normalized spacial score (nSPS) is 13.5. The molecule has 0 atom stereocenters. The van der Waals surface area contributed by atoms with Crippen LogP contribution in [0.1, 0.15) is 0 Å². The second-order valence-corrected chi connectivity index (χ2v) is 2.95. The van der Waals surface area contributed by atoms with Gasteiger partial charge in [-0.15, -0.1) is 11.3 Å². The molecule has 1 heterocycles. The quantitative estimate of drug-likeness (QED) is 0.660. The molecule has 7 heteroatoms. The van der Waals surface area contributed by atoms with Crippen LogP contribution in [0.25, 0.3) is 0 Å². The summed E-state index contributed by atoms with van der Waals surface area (Å²) in [6.45, 7) is 0. The third-order valence-corrected chi connectivity index (χ3v) is 1.81. The number of hydrogen-bond donors (Lipinski definition) is 0. The minimum Gasteiger partial charge on any atom is -0.227 e. The molecule has 0 aliphatic heterocycles. The summed E-state index contributed by atoms with van der Waals surface area (Å²) < 4.78 is 35.3. The highest BCUT2D eigenvalue weighted by Gasteiger charge is 2.34. The average molecular weight is 215 g/mol. The lowest BCUT2D eigenvalue weighted by atomic mass is 10.7. The highest BCUT2D eigenvalue weighted by atomic mass is 35.5. The zero-order chi connectivity index (χ0) is 9.19. The number of nitrogens with zero attached hydrogens (tertiary/aromatic N) is 2. The van der Waals surface area contributed by atoms with Crippen LogP contribution in [0.15, 0.2) is 16.6 Å². The Bertz CT molecular complexity index is 279. The van der Waals surface area contributed by atoms with Crippen molar-refractivity contribution < 1.29 is 13.2 Å². The Morgan fingerprint density at radius 1 is 1.58 bits per heavy atom. The Hall–Kier alpha value is -0.620. The summed E-state index contributed by atoms with van der Waals surface area (Å²) in [6, 6.07) is 0. The van der Waals surface area contributed by atoms with E-state index in [1.165, 1.54) is 11.6 Å². The summed E-state index contributed by atoms with van der Waals surface area (Å²) in [7, 11) is 0. The molecule has 0 N–H and O–H groups in total. The molecular weight excluding hydrogens is 213 g/mol. The molecule has 1 aromatic heterocycles. The van der Waals surface area contributed by atoms with Gasteiger partial charge in [-0.3, -0.25) is 0 Å². The van der Waals surface area contributed by atoms with E-state index in [9.17, 15) is 13.2 Å². The Labute approximate surface area is 74.7 Å². The van der Waals surface area contributed by atoms with E-state index in [1.54, 1.807) is 0 Å². The molecule has 12 heavy (non-hydrogen) atoms. The Morgan fingerprint density at radius 2 is 2.25 bits per heavy atom. The molecule has 0 fully saturated rings. The van der Waals surface area contributed by atoms with Crippen LogP contribution in [0.4, 0.5) is 18.3 Å². The van der Waals surface area contributed by atoms with Crippen molar-refractivity contribution >= 4 is 33.2 Å². The lowest BCUT2D eigenvalue weighted by molar-refractivity contribution is -0.0558. The van der Waals surface area contributed by atoms with Crippen molar-refractivity contribution in [3.63, 3.8) is 0 Å². The molecule has 2 nitrogen and oxygen atoms in total. The average Bonchev–Trinajstić information content (AvgIpc) is 2.37. The van der Waals surface area contributed by atoms with Gasteiger partial charge in [0.05, 0.1) is 0 Å². The Morgan fingerprint density at radius 3 is 2.67 bits per heavy atom. The van der Waals surface area contributed by atoms with Crippen molar-refractivity contribution in [1.82, 2.24) is 4.98 Å². The number of rotatable bonds is 1. The topological polar surface area (TPSA) is 25.2 Å². The van der Waals surface area contributed by atoms with E-state index in [4.69, 9.17) is 11.6 Å². The summed E-state index contributed by atoms with van der Waals surface area (Å²) in [5, 5.41) is 0.106. The van der Waals surface area contributed by atoms with Crippen LogP contribution in [-0.2, 0) is 0 Å². The van der Waals surface area contributed by atoms with Gasteiger partial charge in [-0.2, -0.15) is 13.2 Å². The van der Waals surface area contributed by atoms with E-state index in [-0.39, 0.29) is 5.13 Å². The highest BCUT2D eigenvalue weighted by Crippen LogP contribution is 2.24. The standard InChI is InChI=1S/C5H2ClF3N2S/c6-3(5(7,8)9)11-4-10-1-2-12-4/h1-2H. The number of halogens is 4. The number of alkyl halides is 3. The van der Waals surface area contributed by atoms with Gasteiger partial charge >= 0.3 is 6.18 Å². The molecule has 0 aliphatic rings. The van der Waals surface area contributed by atoms with Crippen molar-refractivity contribution in [1.29, 1.82) is 0 Å². The van der Waals surface area contributed by atoms with Crippen LogP contribution >= 0.6 is 22.9 Å². The van der Waals surface area contributed by atoms with E-state index in [0.29, 0.717) is 0 Å². The molecule has 0 aromatic carbocycles. The molecule has 0 amide bonds. The van der Waals surface area contributed by atoms with E-state index in [2.05, 4.69) is 9.98 Å². The van der Waals surface area contributed by atoms with Gasteiger partial charge < -0.3 is 0 Å². The van der Waals surface area contributed by atoms with Crippen molar-refractivity contribution in [3.8, 4) is 0 Å². The van der Waals surface area contributed by atoms with Crippen LogP contribution in [0.2, 0.25) is 0 Å². The monoisotopic (exact) mass is 214 g/mol. The first-order chi connectivity index (χ1) is 5.50. The van der Waals surface area contributed by atoms with Crippen LogP contribution in [0.5, 0.6) is 0 Å². The molecule has 1 rings (SSSR count). The highest BCUT2D eigenvalue weighted by molar-refractivity contribution is 7.13. The van der Waals surface area contributed by atoms with E-state index < -0.39 is 11.3 Å². The van der Waals surface area contributed by atoms with Gasteiger partial charge in [0.1, 0.15) is 0 Å². The lowest BCUT2D eigenvalue weighted by Crippen LogP contribution is -2.16. The van der Waals surface area contributed by atoms with Gasteiger partial charge in [0.15, 0.2) is 0 Å². The third kappa shape index (κ3) is 2.46. The first-order valence-corrected chi connectivity index (χ1v) is 3.97. The van der Waals surface area contributed by atoms with Crippen molar-refractivity contribution in [2.24, 2.45) is 4.99 Å². The van der Waals surface area contributed by atoms with Gasteiger partial charge in [0.25, 0.3) is 0 Å². The Kier molecular flexibility index (Phi) is 2.69. The summed E-state index contributed by atoms with van der Waals surface area (Å²) in [5.41, 5.74) is 0. The minimum absolute atomic E-state index is 0.00248. The lowest BCUT2D eigenvalue weighted by Gasteiger charge is -2.00. The maximum atomic E-state index is 11.8. The number of aromatic nitrogens is 1. The molecule has 0 bridgehead atoms. The summed E-state index contributed by atoms with van der Waals surface area (Å²) >= 11 is 5.82. The molecule has 0 spiro atoms. The van der Waals surface area contributed by atoms with Crippen LogP contribution in [0, 0.1) is 0 Å². The molecule has 0 unspecified atom stereocenters. The van der Waals surface area contributed by atoms with Crippen molar-refractivity contribution in [2.45, 2.75) is 6.18 Å². The molecule has 0 aliphatic carbocycles. The fourth-order valence-corrected chi connectivity index (χ4v) is 1.06. The minimum atomic E-state index is -4.59. The van der Waals surface area contributed by atoms with Crippen molar-refractivity contribution in [3.05, 3.63) is 11.6 Å². The van der Waals surface area contributed by atoms with Gasteiger partial charge in [0, 0.05) is 11.6 Å². The van der Waals surface area contributed by atoms with E-state index >= 15 is 0 Å². The second kappa shape index (κ2) is 3.40. The predicted molar refractivity (Wildman–Crippen MR) is 41.1 cm³/mol. The first kappa shape index (κ1) is 9.47. The molecule has 1 aromatic rings. The summed E-state index contributed by atoms with van der Waals surface area (Å²) in [5.74, 6) is 0. The van der Waals surface area contributed by atoms with Crippen LogP contribution < -0.4 is 0 Å². The largest absolute Gasteiger partial charge is 0.444 e. The molecular formula is C5H2ClF3N2S. The second-order valence-electron chi connectivity index (χ2n) is 1.72. The fraction of sp³-hybridized carbons (Fsp3) is 0.200. The van der Waals surface area contributed by atoms with Gasteiger partial charge in [-0.25, -0.2) is 9.98 Å². The molecule has 66 valence electrons. The summed E-state index contributed by atoms with van der Waals surface area (Å²) in [6.07, 6.45) is -3.24. The van der Waals surface area contributed by atoms with Crippen LogP contribution in [-0.4, -0.2) is 16.3 Å². The fourth-order valence-electron chi connectivity index (χ4n) is 0.418. The zero-order valence-electron chi connectivity index (χ0n) is 5.47. The first-order valence-electron chi connectivity index (χ1n) is 2.71. The Balaban J connectivity index is 2.84. The number of hydrogen-bond acceptors (Lipinski definition) is 3. The maximum absolute atomic E-state index is 11.8. The van der Waals surface area contributed by atoms with Gasteiger partial charge in [-0.1, -0.05) is 11.6 Å². The molecule has 0 saturated carbocycles. The van der Waals surface area contributed by atoms with Gasteiger partial charge in [-0.05, 0) is 0 Å². The molecule has 0 radical (unpaired) electrons. The van der Waals surface area contributed by atoms with Crippen molar-refractivity contribution in [2.75, 3.05) is 0 Å². The number of thiazole rings is 1. The smallest absolute Gasteiger partial charge is 0.227 e. The SMILES string of the molecule is FC(F)(F)C(Cl)=Nc1nccs1. The van der Waals surface area contributed by atoms with Gasteiger partial charge in [0.2, 0.25) is 10.3 Å². The summed E-state index contributed by atoms with van der Waals surface area (Å²) in [4.78, 5) is 6.57. The van der Waals surface area contributed by atoms with Crippen LogP contribution in [0.3, 0.4) is 0 Å². The maximum Gasteiger partial charge on any atom is 0.444 e. The number of aliphatic imine (C=N–C) groups is 1.